The number of nitrogens with zero attached hydrogens (tertiary/aromatic N) is 4. The minimum absolute atomic E-state index is 0.0182. The number of halogens is 3. The van der Waals surface area contributed by atoms with Crippen LogP contribution in [0.5, 0.6) is 0 Å². The summed E-state index contributed by atoms with van der Waals surface area (Å²) in [7, 11) is 0. The monoisotopic (exact) mass is 438 g/mol. The van der Waals surface area contributed by atoms with Crippen molar-refractivity contribution in [2.45, 2.75) is 62.7 Å². The van der Waals surface area contributed by atoms with Gasteiger partial charge in [0.15, 0.2) is 5.82 Å². The number of carbonyl (C=O) groups is 2. The summed E-state index contributed by atoms with van der Waals surface area (Å²) < 4.78 is 39.9. The standard InChI is InChI=1S/C20H25F3N6O2/c21-20(22,23)13-9-28(10-13)14-3-5-19(6-4-14,7-8-24)29-11-15(16(25)30)17(27-29)26-18(31)12-1-2-12/h11-14H,1-7,9-10H2,(H2,25,30)(H,26,27,31)/t14-,19-. The van der Waals surface area contributed by atoms with E-state index in [4.69, 9.17) is 5.73 Å². The normalized spacial score (nSPS) is 27.4. The zero-order chi connectivity index (χ0) is 22.4. The lowest BCUT2D eigenvalue weighted by Crippen LogP contribution is -2.58. The third-order valence-electron chi connectivity index (χ3n) is 6.84. The van der Waals surface area contributed by atoms with E-state index in [1.54, 1.807) is 4.68 Å². The molecule has 1 aromatic heterocycles. The van der Waals surface area contributed by atoms with Gasteiger partial charge in [-0.3, -0.25) is 19.2 Å². The molecule has 0 aromatic carbocycles. The Bertz CT molecular complexity index is 903. The fourth-order valence-electron chi connectivity index (χ4n) is 4.61. The summed E-state index contributed by atoms with van der Waals surface area (Å²) in [5, 5.41) is 16.5. The Kier molecular flexibility index (Phi) is 5.45. The van der Waals surface area contributed by atoms with Crippen molar-refractivity contribution in [2.24, 2.45) is 17.6 Å². The second-order valence-corrected chi connectivity index (χ2v) is 8.95. The van der Waals surface area contributed by atoms with Crippen LogP contribution in [0.25, 0.3) is 0 Å². The number of anilines is 1. The van der Waals surface area contributed by atoms with Crippen LogP contribution in [0, 0.1) is 23.2 Å². The van der Waals surface area contributed by atoms with Gasteiger partial charge in [0.1, 0.15) is 5.56 Å². The topological polar surface area (TPSA) is 117 Å². The van der Waals surface area contributed by atoms with Crippen LogP contribution in [-0.2, 0) is 10.3 Å². The Balaban J connectivity index is 1.48. The number of likely N-dealkylation sites (tertiary alicyclic amines) is 1. The maximum absolute atomic E-state index is 12.8. The molecule has 3 fully saturated rings. The fourth-order valence-corrected chi connectivity index (χ4v) is 4.61. The third kappa shape index (κ3) is 4.26. The van der Waals surface area contributed by atoms with Crippen LogP contribution in [-0.4, -0.2) is 51.8 Å². The lowest BCUT2D eigenvalue weighted by molar-refractivity contribution is -0.215. The van der Waals surface area contributed by atoms with E-state index < -0.39 is 23.5 Å². The van der Waals surface area contributed by atoms with Crippen LogP contribution < -0.4 is 11.1 Å². The van der Waals surface area contributed by atoms with Crippen molar-refractivity contribution in [1.82, 2.24) is 14.7 Å². The summed E-state index contributed by atoms with van der Waals surface area (Å²) in [6.45, 7) is 0.0364. The van der Waals surface area contributed by atoms with Gasteiger partial charge in [0, 0.05) is 31.2 Å². The average Bonchev–Trinajstić information content (AvgIpc) is 3.41. The first-order chi connectivity index (χ1) is 14.6. The summed E-state index contributed by atoms with van der Waals surface area (Å²) in [6.07, 6.45) is 1.38. The van der Waals surface area contributed by atoms with Crippen LogP contribution >= 0.6 is 0 Å². The van der Waals surface area contributed by atoms with Crippen LogP contribution in [0.1, 0.15) is 55.3 Å². The van der Waals surface area contributed by atoms with Gasteiger partial charge in [0.2, 0.25) is 5.91 Å². The van der Waals surface area contributed by atoms with E-state index in [1.807, 2.05) is 4.90 Å². The molecule has 1 aromatic rings. The molecule has 1 saturated heterocycles. The highest BCUT2D eigenvalue weighted by Crippen LogP contribution is 2.43. The molecule has 0 spiro atoms. The van der Waals surface area contributed by atoms with Crippen molar-refractivity contribution < 1.29 is 22.8 Å². The number of amides is 2. The summed E-state index contributed by atoms with van der Waals surface area (Å²) in [6, 6.07) is 2.21. The summed E-state index contributed by atoms with van der Waals surface area (Å²) in [4.78, 5) is 25.9. The highest BCUT2D eigenvalue weighted by molar-refractivity contribution is 6.02. The zero-order valence-corrected chi connectivity index (χ0v) is 17.0. The van der Waals surface area contributed by atoms with Gasteiger partial charge in [0.25, 0.3) is 5.91 Å². The van der Waals surface area contributed by atoms with E-state index in [9.17, 15) is 28.0 Å². The molecule has 0 atom stereocenters. The van der Waals surface area contributed by atoms with Crippen molar-refractivity contribution in [3.8, 4) is 6.07 Å². The van der Waals surface area contributed by atoms with Crippen molar-refractivity contribution in [1.29, 1.82) is 5.26 Å². The molecule has 31 heavy (non-hydrogen) atoms. The van der Waals surface area contributed by atoms with Crippen molar-refractivity contribution in [3.63, 3.8) is 0 Å². The van der Waals surface area contributed by atoms with E-state index in [0.29, 0.717) is 25.7 Å². The minimum atomic E-state index is -4.16. The molecule has 3 aliphatic rings. The maximum Gasteiger partial charge on any atom is 0.394 e. The zero-order valence-electron chi connectivity index (χ0n) is 17.0. The average molecular weight is 438 g/mol. The number of alkyl halides is 3. The number of hydrogen-bond acceptors (Lipinski definition) is 5. The molecule has 2 aliphatic carbocycles. The molecular formula is C20H25F3N6O2. The van der Waals surface area contributed by atoms with E-state index in [0.717, 1.165) is 12.8 Å². The van der Waals surface area contributed by atoms with Crippen LogP contribution in [0.2, 0.25) is 0 Å². The lowest BCUT2D eigenvalue weighted by atomic mass is 9.76. The molecule has 2 heterocycles. The molecule has 2 saturated carbocycles. The van der Waals surface area contributed by atoms with E-state index >= 15 is 0 Å². The summed E-state index contributed by atoms with van der Waals surface area (Å²) >= 11 is 0. The number of primary amides is 1. The Morgan fingerprint density at radius 1 is 1.26 bits per heavy atom. The molecule has 2 amide bonds. The van der Waals surface area contributed by atoms with Crippen LogP contribution in [0.4, 0.5) is 19.0 Å². The van der Waals surface area contributed by atoms with Gasteiger partial charge in [-0.25, -0.2) is 0 Å². The summed E-state index contributed by atoms with van der Waals surface area (Å²) in [5.74, 6) is -2.18. The highest BCUT2D eigenvalue weighted by atomic mass is 19.4. The van der Waals surface area contributed by atoms with Gasteiger partial charge in [0.05, 0.1) is 23.9 Å². The maximum atomic E-state index is 12.8. The molecule has 168 valence electrons. The molecule has 0 bridgehead atoms. The fraction of sp³-hybridized carbons (Fsp3) is 0.700. The number of nitrogens with one attached hydrogen (secondary N) is 1. The number of nitriles is 1. The Hall–Kier alpha value is -2.61. The Morgan fingerprint density at radius 3 is 2.42 bits per heavy atom. The van der Waals surface area contributed by atoms with Gasteiger partial charge in [-0.1, -0.05) is 0 Å². The molecule has 8 nitrogen and oxygen atoms in total. The van der Waals surface area contributed by atoms with E-state index in [2.05, 4.69) is 16.5 Å². The van der Waals surface area contributed by atoms with Gasteiger partial charge < -0.3 is 11.1 Å². The van der Waals surface area contributed by atoms with Gasteiger partial charge in [-0.15, -0.1) is 0 Å². The molecular weight excluding hydrogens is 413 g/mol. The van der Waals surface area contributed by atoms with Crippen LogP contribution in [0.3, 0.4) is 0 Å². The molecule has 4 rings (SSSR count). The molecule has 0 radical (unpaired) electrons. The third-order valence-corrected chi connectivity index (χ3v) is 6.84. The van der Waals surface area contributed by atoms with Crippen LogP contribution in [0.15, 0.2) is 6.20 Å². The molecule has 11 heteroatoms. The summed E-state index contributed by atoms with van der Waals surface area (Å²) in [5.41, 5.74) is 4.87. The number of rotatable bonds is 6. The Labute approximate surface area is 177 Å². The molecule has 3 N–H and O–H groups in total. The SMILES string of the molecule is N#CC[C@]1(n2cc(C(N)=O)c(NC(=O)C3CC3)n2)CC[C@H](N2CC(C(F)(F)F)C2)CC1. The van der Waals surface area contributed by atoms with E-state index in [1.165, 1.54) is 6.20 Å². The van der Waals surface area contributed by atoms with Crippen molar-refractivity contribution >= 4 is 17.6 Å². The second-order valence-electron chi connectivity index (χ2n) is 8.95. The molecule has 1 aliphatic heterocycles. The predicted molar refractivity (Wildman–Crippen MR) is 104 cm³/mol. The smallest absolute Gasteiger partial charge is 0.365 e. The predicted octanol–water partition coefficient (Wildman–Crippen LogP) is 2.38. The largest absolute Gasteiger partial charge is 0.394 e. The number of nitrogens with two attached hydrogens (primary N) is 1. The Morgan fingerprint density at radius 2 is 1.90 bits per heavy atom. The van der Waals surface area contributed by atoms with Crippen molar-refractivity contribution in [3.05, 3.63) is 11.8 Å². The second kappa shape index (κ2) is 7.82. The first-order valence-corrected chi connectivity index (χ1v) is 10.5. The van der Waals surface area contributed by atoms with Gasteiger partial charge in [-0.2, -0.15) is 23.5 Å². The first-order valence-electron chi connectivity index (χ1n) is 10.5. The number of hydrogen-bond donors (Lipinski definition) is 2. The number of aromatic nitrogens is 2. The lowest BCUT2D eigenvalue weighted by Gasteiger charge is -2.49. The van der Waals surface area contributed by atoms with Gasteiger partial charge in [-0.05, 0) is 38.5 Å². The van der Waals surface area contributed by atoms with Gasteiger partial charge >= 0.3 is 6.18 Å². The minimum Gasteiger partial charge on any atom is -0.365 e. The first kappa shape index (κ1) is 21.6. The van der Waals surface area contributed by atoms with Crippen molar-refractivity contribution in [2.75, 3.05) is 18.4 Å². The van der Waals surface area contributed by atoms with E-state index in [-0.39, 0.29) is 48.8 Å². The highest BCUT2D eigenvalue weighted by Gasteiger charge is 2.50. The molecule has 0 unspecified atom stereocenters. The quantitative estimate of drug-likeness (QED) is 0.707. The number of carbonyl (C=O) groups excluding carboxylic acids is 2.